The number of rotatable bonds is 61. The number of phosphoric acid groups is 2. The highest BCUT2D eigenvalue weighted by molar-refractivity contribution is 7.47. The Morgan fingerprint density at radius 2 is 0.578 bits per heavy atom. The number of carbonyl (C=O) groups excluding carboxylic acids is 4. The molecule has 4 unspecified atom stereocenters. The van der Waals surface area contributed by atoms with Crippen molar-refractivity contribution in [3.05, 3.63) is 0 Å². The molecule has 0 rings (SSSR count). The molecule has 0 saturated carbocycles. The van der Waals surface area contributed by atoms with Gasteiger partial charge in [0, 0.05) is 25.7 Å². The van der Waals surface area contributed by atoms with Crippen LogP contribution in [0.5, 0.6) is 0 Å². The number of aliphatic hydroxyl groups excluding tert-OH is 1. The molecule has 83 heavy (non-hydrogen) atoms. The summed E-state index contributed by atoms with van der Waals surface area (Å²) in [6.45, 7) is 13.9. The van der Waals surface area contributed by atoms with Gasteiger partial charge in [0.05, 0.1) is 26.4 Å². The van der Waals surface area contributed by atoms with Crippen LogP contribution in [0.15, 0.2) is 0 Å². The van der Waals surface area contributed by atoms with Crippen molar-refractivity contribution in [2.75, 3.05) is 39.6 Å². The molecule has 0 heterocycles. The third-order valence-corrected chi connectivity index (χ3v) is 17.2. The Labute approximate surface area is 505 Å². The summed E-state index contributed by atoms with van der Waals surface area (Å²) in [6.07, 6.45) is 33.6. The van der Waals surface area contributed by atoms with Crippen molar-refractivity contribution in [2.24, 2.45) is 23.7 Å². The fraction of sp³-hybridized carbons (Fsp3) is 0.938. The first kappa shape index (κ1) is 81.1. The monoisotopic (exact) mass is 1230 g/mol. The molecule has 0 bridgehead atoms. The van der Waals surface area contributed by atoms with E-state index in [-0.39, 0.29) is 25.7 Å². The lowest BCUT2D eigenvalue weighted by atomic mass is 9.99. The Morgan fingerprint density at radius 1 is 0.337 bits per heavy atom. The summed E-state index contributed by atoms with van der Waals surface area (Å²) < 4.78 is 68.0. The number of hydrogen-bond donors (Lipinski definition) is 3. The first-order chi connectivity index (χ1) is 39.7. The first-order valence-corrected chi connectivity index (χ1v) is 36.3. The summed E-state index contributed by atoms with van der Waals surface area (Å²) >= 11 is 0. The summed E-state index contributed by atoms with van der Waals surface area (Å²) in [5.41, 5.74) is 0. The van der Waals surface area contributed by atoms with Crippen molar-refractivity contribution in [2.45, 2.75) is 324 Å². The van der Waals surface area contributed by atoms with Crippen LogP contribution in [0, 0.1) is 23.7 Å². The van der Waals surface area contributed by atoms with Gasteiger partial charge in [0.1, 0.15) is 19.3 Å². The molecule has 492 valence electrons. The second-order valence-corrected chi connectivity index (χ2v) is 27.5. The third-order valence-electron chi connectivity index (χ3n) is 15.3. The van der Waals surface area contributed by atoms with Crippen molar-refractivity contribution in [1.82, 2.24) is 0 Å². The number of unbranched alkanes of at least 4 members (excludes halogenated alkanes) is 25. The van der Waals surface area contributed by atoms with Crippen LogP contribution < -0.4 is 0 Å². The third kappa shape index (κ3) is 56.3. The van der Waals surface area contributed by atoms with Crippen LogP contribution in [-0.2, 0) is 65.4 Å². The summed E-state index contributed by atoms with van der Waals surface area (Å²) in [5, 5.41) is 10.5. The van der Waals surface area contributed by atoms with E-state index in [4.69, 9.17) is 37.0 Å². The molecule has 0 aliphatic carbocycles. The van der Waals surface area contributed by atoms with Gasteiger partial charge >= 0.3 is 39.5 Å². The van der Waals surface area contributed by atoms with Crippen molar-refractivity contribution in [3.63, 3.8) is 0 Å². The highest BCUT2D eigenvalue weighted by atomic mass is 31.2. The molecule has 0 saturated heterocycles. The Hall–Kier alpha value is -1.94. The zero-order valence-corrected chi connectivity index (χ0v) is 55.6. The summed E-state index contributed by atoms with van der Waals surface area (Å²) in [4.78, 5) is 72.2. The average molecular weight is 1230 g/mol. The van der Waals surface area contributed by atoms with Gasteiger partial charge in [-0.05, 0) is 49.4 Å². The topological polar surface area (TPSA) is 237 Å². The molecule has 0 aromatic rings. The van der Waals surface area contributed by atoms with Crippen molar-refractivity contribution in [1.29, 1.82) is 0 Å². The van der Waals surface area contributed by atoms with Crippen molar-refractivity contribution >= 4 is 39.5 Å². The molecule has 19 heteroatoms. The van der Waals surface area contributed by atoms with E-state index in [2.05, 4.69) is 55.4 Å². The van der Waals surface area contributed by atoms with Crippen LogP contribution in [-0.4, -0.2) is 96.7 Å². The molecular formula is C64H124O17P2. The number of carbonyl (C=O) groups is 4. The van der Waals surface area contributed by atoms with Gasteiger partial charge in [-0.2, -0.15) is 0 Å². The molecular weight excluding hydrogens is 1100 g/mol. The maximum atomic E-state index is 13.0. The zero-order valence-electron chi connectivity index (χ0n) is 53.8. The minimum atomic E-state index is -4.95. The molecule has 0 fully saturated rings. The fourth-order valence-corrected chi connectivity index (χ4v) is 10.9. The Balaban J connectivity index is 5.27. The Kier molecular flexibility index (Phi) is 53.0. The summed E-state index contributed by atoms with van der Waals surface area (Å²) in [6, 6.07) is 0. The number of aliphatic hydroxyl groups is 1. The lowest BCUT2D eigenvalue weighted by molar-refractivity contribution is -0.161. The summed E-state index contributed by atoms with van der Waals surface area (Å²) in [7, 11) is -9.89. The van der Waals surface area contributed by atoms with Gasteiger partial charge in [-0.1, -0.05) is 254 Å². The molecule has 0 aromatic carbocycles. The number of phosphoric ester groups is 2. The van der Waals surface area contributed by atoms with Gasteiger partial charge < -0.3 is 33.8 Å². The molecule has 3 N–H and O–H groups in total. The molecule has 0 aliphatic rings. The van der Waals surface area contributed by atoms with E-state index in [1.54, 1.807) is 0 Å². The normalized spacial score (nSPS) is 15.1. The van der Waals surface area contributed by atoms with Gasteiger partial charge in [-0.3, -0.25) is 37.3 Å². The number of hydrogen-bond acceptors (Lipinski definition) is 15. The van der Waals surface area contributed by atoms with Crippen LogP contribution in [0.2, 0.25) is 0 Å². The van der Waals surface area contributed by atoms with Gasteiger partial charge in [0.2, 0.25) is 0 Å². The van der Waals surface area contributed by atoms with Crippen LogP contribution in [0.4, 0.5) is 0 Å². The molecule has 17 nitrogen and oxygen atoms in total. The van der Waals surface area contributed by atoms with Crippen LogP contribution in [0.3, 0.4) is 0 Å². The number of esters is 4. The van der Waals surface area contributed by atoms with Gasteiger partial charge in [-0.25, -0.2) is 9.13 Å². The maximum Gasteiger partial charge on any atom is 0.472 e. The highest BCUT2D eigenvalue weighted by Gasteiger charge is 2.30. The molecule has 0 aliphatic heterocycles. The van der Waals surface area contributed by atoms with E-state index in [0.717, 1.165) is 120 Å². The standard InChI is InChI=1S/C64H124O17P2/c1-9-56(7)42-34-26-17-14-15-19-31-39-47-64(69)81-59(50-74-61(66)44-36-28-22-20-25-33-41-55(5)6)52-78-82(70,71)76-48-58(65)49-77-83(72,73)79-53-60(51-75-62(67)45-37-29-23-21-27-35-43-57(8)10-2)80-63(68)46-38-30-18-13-11-12-16-24-32-40-54(3)4/h54-60,65H,9-53H2,1-8H3,(H,70,71)(H,72,73)/t56?,57?,58-,59-,60-/m1/s1. The smallest absolute Gasteiger partial charge is 0.462 e. The van der Waals surface area contributed by atoms with Gasteiger partial charge in [-0.15, -0.1) is 0 Å². The van der Waals surface area contributed by atoms with E-state index in [1.165, 1.54) is 96.3 Å². The van der Waals surface area contributed by atoms with Crippen molar-refractivity contribution in [3.8, 4) is 0 Å². The predicted octanol–water partition coefficient (Wildman–Crippen LogP) is 17.4. The van der Waals surface area contributed by atoms with Crippen LogP contribution >= 0.6 is 15.6 Å². The lowest BCUT2D eigenvalue weighted by Gasteiger charge is -2.21. The van der Waals surface area contributed by atoms with Crippen LogP contribution in [0.1, 0.15) is 306 Å². The van der Waals surface area contributed by atoms with Crippen molar-refractivity contribution < 1.29 is 80.2 Å². The second-order valence-electron chi connectivity index (χ2n) is 24.6. The van der Waals surface area contributed by atoms with Crippen LogP contribution in [0.25, 0.3) is 0 Å². The molecule has 7 atom stereocenters. The van der Waals surface area contributed by atoms with Gasteiger partial charge in [0.15, 0.2) is 12.2 Å². The van der Waals surface area contributed by atoms with E-state index >= 15 is 0 Å². The minimum Gasteiger partial charge on any atom is -0.462 e. The van der Waals surface area contributed by atoms with E-state index in [0.29, 0.717) is 31.6 Å². The van der Waals surface area contributed by atoms with E-state index < -0.39 is 97.5 Å². The maximum absolute atomic E-state index is 13.0. The Morgan fingerprint density at radius 3 is 0.855 bits per heavy atom. The van der Waals surface area contributed by atoms with E-state index in [9.17, 15) is 43.2 Å². The lowest BCUT2D eigenvalue weighted by Crippen LogP contribution is -2.30. The molecule has 0 aromatic heterocycles. The second kappa shape index (κ2) is 54.2. The zero-order chi connectivity index (χ0) is 61.8. The highest BCUT2D eigenvalue weighted by Crippen LogP contribution is 2.45. The molecule has 0 spiro atoms. The quantitative estimate of drug-likeness (QED) is 0.0222. The predicted molar refractivity (Wildman–Crippen MR) is 331 cm³/mol. The SMILES string of the molecule is CCC(C)CCCCCCCCCCC(=O)O[C@H](COC(=O)CCCCCCCCC(C)C)COP(=O)(O)OC[C@@H](O)COP(=O)(O)OC[C@@H](COC(=O)CCCCCCCCC(C)CC)OC(=O)CCCCCCCCCCCC(C)C. The minimum absolute atomic E-state index is 0.103. The molecule has 0 radical (unpaired) electrons. The fourth-order valence-electron chi connectivity index (χ4n) is 9.36. The average Bonchev–Trinajstić information content (AvgIpc) is 3.46. The molecule has 0 amide bonds. The largest absolute Gasteiger partial charge is 0.472 e. The van der Waals surface area contributed by atoms with E-state index in [1.807, 2.05) is 0 Å². The Bertz CT molecular complexity index is 1670. The van der Waals surface area contributed by atoms with Gasteiger partial charge in [0.25, 0.3) is 0 Å². The first-order valence-electron chi connectivity index (χ1n) is 33.3. The summed E-state index contributed by atoms with van der Waals surface area (Å²) in [5.74, 6) is 0.774. The number of ether oxygens (including phenoxy) is 4.